The van der Waals surface area contributed by atoms with Gasteiger partial charge in [-0.2, -0.15) is 0 Å². The van der Waals surface area contributed by atoms with Crippen LogP contribution in [0.1, 0.15) is 25.7 Å². The predicted molar refractivity (Wildman–Crippen MR) is 97.8 cm³/mol. The summed E-state index contributed by atoms with van der Waals surface area (Å²) < 4.78 is 0. The van der Waals surface area contributed by atoms with Crippen LogP contribution in [0.3, 0.4) is 0 Å². The minimum atomic E-state index is -0.463. The van der Waals surface area contributed by atoms with E-state index in [1.807, 2.05) is 18.2 Å². The van der Waals surface area contributed by atoms with E-state index < -0.39 is 6.04 Å². The van der Waals surface area contributed by atoms with Crippen LogP contribution >= 0.6 is 24.0 Å². The van der Waals surface area contributed by atoms with Crippen molar-refractivity contribution in [1.82, 2.24) is 10.6 Å². The molecule has 1 atom stereocenters. The number of carbonyl (C=O) groups is 2. The van der Waals surface area contributed by atoms with Crippen molar-refractivity contribution in [2.24, 2.45) is 5.92 Å². The lowest BCUT2D eigenvalue weighted by Gasteiger charge is -2.33. The Labute approximate surface area is 153 Å². The molecule has 3 rings (SSSR count). The molecule has 0 spiro atoms. The number of hydrogen-bond acceptors (Lipinski definition) is 3. The molecule has 1 aliphatic carbocycles. The van der Waals surface area contributed by atoms with Crippen LogP contribution in [0.2, 0.25) is 5.02 Å². The number of anilines is 1. The number of amides is 2. The van der Waals surface area contributed by atoms with Crippen LogP contribution in [-0.4, -0.2) is 37.5 Å². The number of benzene rings is 1. The van der Waals surface area contributed by atoms with Gasteiger partial charge in [0.15, 0.2) is 0 Å². The highest BCUT2D eigenvalue weighted by Gasteiger charge is 2.31. The molecule has 0 radical (unpaired) electrons. The van der Waals surface area contributed by atoms with Crippen molar-refractivity contribution in [3.63, 3.8) is 0 Å². The first-order valence-corrected chi connectivity index (χ1v) is 8.59. The Kier molecular flexibility index (Phi) is 6.90. The van der Waals surface area contributed by atoms with Crippen molar-refractivity contribution in [2.45, 2.75) is 31.7 Å². The molecule has 2 aliphatic rings. The van der Waals surface area contributed by atoms with E-state index in [4.69, 9.17) is 11.6 Å². The van der Waals surface area contributed by atoms with Gasteiger partial charge in [0.25, 0.3) is 0 Å². The van der Waals surface area contributed by atoms with Crippen molar-refractivity contribution < 1.29 is 9.59 Å². The number of piperidine rings is 1. The summed E-state index contributed by atoms with van der Waals surface area (Å²) >= 11 is 6.19. The second-order valence-electron chi connectivity index (χ2n) is 6.28. The van der Waals surface area contributed by atoms with Gasteiger partial charge in [-0.1, -0.05) is 23.7 Å². The molecule has 1 aromatic rings. The summed E-state index contributed by atoms with van der Waals surface area (Å²) in [5.74, 6) is 0.528. The van der Waals surface area contributed by atoms with E-state index in [1.165, 1.54) is 12.8 Å². The second-order valence-corrected chi connectivity index (χ2v) is 6.69. The lowest BCUT2D eigenvalue weighted by molar-refractivity contribution is -0.128. The van der Waals surface area contributed by atoms with Crippen LogP contribution in [0.5, 0.6) is 0 Å². The summed E-state index contributed by atoms with van der Waals surface area (Å²) in [6.07, 6.45) is 4.02. The number of nitrogens with one attached hydrogen (secondary N) is 2. The maximum absolute atomic E-state index is 12.6. The number of para-hydroxylation sites is 1. The van der Waals surface area contributed by atoms with Crippen LogP contribution in [0.15, 0.2) is 24.3 Å². The van der Waals surface area contributed by atoms with E-state index in [9.17, 15) is 9.59 Å². The lowest BCUT2D eigenvalue weighted by atomic mass is 10.0. The van der Waals surface area contributed by atoms with Gasteiger partial charge in [-0.25, -0.2) is 0 Å². The Balaban J connectivity index is 0.00000208. The topological polar surface area (TPSA) is 61.4 Å². The normalized spacial score (nSPS) is 20.5. The zero-order valence-corrected chi connectivity index (χ0v) is 15.0. The molecule has 0 bridgehead atoms. The first kappa shape index (κ1) is 19.0. The molecule has 2 fully saturated rings. The Morgan fingerprint density at radius 1 is 1.25 bits per heavy atom. The highest BCUT2D eigenvalue weighted by Crippen LogP contribution is 2.28. The molecule has 7 heteroatoms. The van der Waals surface area contributed by atoms with Gasteiger partial charge in [-0.05, 0) is 50.3 Å². The Hall–Kier alpha value is -1.30. The first-order valence-electron chi connectivity index (χ1n) is 8.21. The number of halogens is 2. The van der Waals surface area contributed by atoms with E-state index >= 15 is 0 Å². The molecule has 1 heterocycles. The highest BCUT2D eigenvalue weighted by molar-refractivity contribution is 6.33. The molecule has 132 valence electrons. The van der Waals surface area contributed by atoms with E-state index in [2.05, 4.69) is 10.6 Å². The van der Waals surface area contributed by atoms with Gasteiger partial charge >= 0.3 is 0 Å². The number of nitrogens with zero attached hydrogens (tertiary/aromatic N) is 1. The zero-order valence-electron chi connectivity index (χ0n) is 13.5. The predicted octanol–water partition coefficient (Wildman–Crippen LogP) is 2.37. The van der Waals surface area contributed by atoms with Crippen LogP contribution in [0.25, 0.3) is 0 Å². The van der Waals surface area contributed by atoms with Crippen LogP contribution < -0.4 is 15.5 Å². The molecule has 1 aliphatic heterocycles. The summed E-state index contributed by atoms with van der Waals surface area (Å²) in [4.78, 5) is 26.3. The molecule has 1 saturated heterocycles. The third-order valence-corrected chi connectivity index (χ3v) is 4.65. The first-order chi connectivity index (χ1) is 11.1. The van der Waals surface area contributed by atoms with Crippen molar-refractivity contribution in [1.29, 1.82) is 0 Å². The number of hydrogen-bond donors (Lipinski definition) is 2. The fourth-order valence-corrected chi connectivity index (χ4v) is 3.11. The summed E-state index contributed by atoms with van der Waals surface area (Å²) in [5, 5.41) is 6.55. The molecular formula is C17H23Cl2N3O2. The molecule has 24 heavy (non-hydrogen) atoms. The molecular weight excluding hydrogens is 349 g/mol. The van der Waals surface area contributed by atoms with E-state index in [-0.39, 0.29) is 30.8 Å². The van der Waals surface area contributed by atoms with E-state index in [1.54, 1.807) is 11.0 Å². The third kappa shape index (κ3) is 4.85. The summed E-state index contributed by atoms with van der Waals surface area (Å²) in [5.41, 5.74) is 0.713. The molecule has 2 amide bonds. The van der Waals surface area contributed by atoms with Gasteiger partial charge < -0.3 is 15.5 Å². The average Bonchev–Trinajstić information content (AvgIpc) is 3.35. The van der Waals surface area contributed by atoms with Gasteiger partial charge in [0, 0.05) is 6.54 Å². The summed E-state index contributed by atoms with van der Waals surface area (Å²) in [6.45, 7) is 1.79. The zero-order chi connectivity index (χ0) is 16.2. The Morgan fingerprint density at radius 3 is 2.71 bits per heavy atom. The van der Waals surface area contributed by atoms with Crippen molar-refractivity contribution in [3.8, 4) is 0 Å². The molecule has 0 aromatic heterocycles. The van der Waals surface area contributed by atoms with E-state index in [0.717, 1.165) is 18.9 Å². The van der Waals surface area contributed by atoms with Gasteiger partial charge in [0.1, 0.15) is 6.04 Å². The fraction of sp³-hybridized carbons (Fsp3) is 0.529. The van der Waals surface area contributed by atoms with Gasteiger partial charge in [0.2, 0.25) is 11.8 Å². The van der Waals surface area contributed by atoms with Crippen LogP contribution in [-0.2, 0) is 9.59 Å². The Bertz CT molecular complexity index is 593. The van der Waals surface area contributed by atoms with Crippen LogP contribution in [0, 0.1) is 5.92 Å². The quantitative estimate of drug-likeness (QED) is 0.806. The molecule has 5 nitrogen and oxygen atoms in total. The largest absolute Gasteiger partial charge is 0.343 e. The maximum Gasteiger partial charge on any atom is 0.249 e. The maximum atomic E-state index is 12.6. The van der Waals surface area contributed by atoms with Crippen molar-refractivity contribution in [2.75, 3.05) is 24.5 Å². The second kappa shape index (κ2) is 8.70. The van der Waals surface area contributed by atoms with Gasteiger partial charge in [-0.15, -0.1) is 12.4 Å². The minimum Gasteiger partial charge on any atom is -0.343 e. The molecule has 1 saturated carbocycles. The highest BCUT2D eigenvalue weighted by atomic mass is 35.5. The monoisotopic (exact) mass is 371 g/mol. The standard InChI is InChI=1S/C17H22ClN3O2.ClH/c18-13-4-1-2-6-15(13)21-9-3-5-14(17(21)23)20-16(22)11-19-10-12-7-8-12;/h1-2,4,6,12,14,19H,3,5,7-11H2,(H,20,22);1H. The van der Waals surface area contributed by atoms with Gasteiger partial charge in [-0.3, -0.25) is 9.59 Å². The number of carbonyl (C=O) groups excluding carboxylic acids is 2. The summed E-state index contributed by atoms with van der Waals surface area (Å²) in [6, 6.07) is 6.84. The smallest absolute Gasteiger partial charge is 0.249 e. The van der Waals surface area contributed by atoms with Crippen LogP contribution in [0.4, 0.5) is 5.69 Å². The average molecular weight is 372 g/mol. The van der Waals surface area contributed by atoms with E-state index in [0.29, 0.717) is 23.7 Å². The number of rotatable bonds is 6. The minimum absolute atomic E-state index is 0. The summed E-state index contributed by atoms with van der Waals surface area (Å²) in [7, 11) is 0. The molecule has 1 unspecified atom stereocenters. The van der Waals surface area contributed by atoms with Gasteiger partial charge in [0.05, 0.1) is 17.3 Å². The Morgan fingerprint density at radius 2 is 2.00 bits per heavy atom. The third-order valence-electron chi connectivity index (χ3n) is 4.33. The lowest BCUT2D eigenvalue weighted by Crippen LogP contribution is -2.53. The van der Waals surface area contributed by atoms with Crippen molar-refractivity contribution in [3.05, 3.63) is 29.3 Å². The molecule has 2 N–H and O–H groups in total. The molecule has 1 aromatic carbocycles. The fourth-order valence-electron chi connectivity index (χ4n) is 2.88. The SMILES string of the molecule is Cl.O=C(CNCC1CC1)NC1CCCN(c2ccccc2Cl)C1=O. The van der Waals surface area contributed by atoms with Crippen molar-refractivity contribution >= 4 is 41.5 Å².